The van der Waals surface area contributed by atoms with Crippen molar-refractivity contribution in [2.24, 2.45) is 0 Å². The number of phenols is 4. The molecule has 3 aromatic carbocycles. The highest BCUT2D eigenvalue weighted by Gasteiger charge is 2.05. The van der Waals surface area contributed by atoms with Gasteiger partial charge >= 0.3 is 5.97 Å². The third kappa shape index (κ3) is 5.64. The number of hydrogen-bond donors (Lipinski definition) is 4. The molecule has 3 rings (SSSR count). The van der Waals surface area contributed by atoms with Crippen molar-refractivity contribution in [3.63, 3.8) is 0 Å². The van der Waals surface area contributed by atoms with Crippen LogP contribution in [0.1, 0.15) is 16.7 Å². The molecule has 6 nitrogen and oxygen atoms in total. The molecule has 0 saturated heterocycles. The van der Waals surface area contributed by atoms with Gasteiger partial charge < -0.3 is 25.2 Å². The van der Waals surface area contributed by atoms with Gasteiger partial charge in [0.1, 0.15) is 17.2 Å². The van der Waals surface area contributed by atoms with Crippen molar-refractivity contribution in [2.75, 3.05) is 0 Å². The lowest BCUT2D eigenvalue weighted by Crippen LogP contribution is -2.03. The Morgan fingerprint density at radius 1 is 0.655 bits per heavy atom. The topological polar surface area (TPSA) is 107 Å². The molecule has 3 aromatic rings. The van der Waals surface area contributed by atoms with Crippen LogP contribution in [0.25, 0.3) is 18.2 Å². The average Bonchev–Trinajstić information content (AvgIpc) is 2.68. The Labute approximate surface area is 166 Å². The maximum Gasteiger partial charge on any atom is 0.336 e. The minimum Gasteiger partial charge on any atom is -0.508 e. The molecule has 0 amide bonds. The number of benzene rings is 3. The third-order valence-corrected chi connectivity index (χ3v) is 3.90. The lowest BCUT2D eigenvalue weighted by Gasteiger charge is -2.04. The number of aromatic hydroxyl groups is 4. The summed E-state index contributed by atoms with van der Waals surface area (Å²) in [6.07, 6.45) is 6.12. The quantitative estimate of drug-likeness (QED) is 0.170. The van der Waals surface area contributed by atoms with Crippen molar-refractivity contribution < 1.29 is 30.0 Å². The molecule has 0 unspecified atom stereocenters. The van der Waals surface area contributed by atoms with Gasteiger partial charge in [0.2, 0.25) is 0 Å². The summed E-state index contributed by atoms with van der Waals surface area (Å²) in [5.74, 6) is -0.941. The summed E-state index contributed by atoms with van der Waals surface area (Å²) in [7, 11) is 0. The van der Waals surface area contributed by atoms with Gasteiger partial charge in [-0.2, -0.15) is 0 Å². The molecule has 0 fully saturated rings. The SMILES string of the molecule is O=C(/C=C/c1ccc(O)c(O)c1)Oc1cc(O)cc(/C=C/c2ccc(O)cc2)c1. The Balaban J connectivity index is 1.70. The van der Waals surface area contributed by atoms with Crippen molar-refractivity contribution in [3.05, 3.63) is 83.4 Å². The molecule has 0 aliphatic rings. The van der Waals surface area contributed by atoms with E-state index in [1.165, 1.54) is 42.5 Å². The summed E-state index contributed by atoms with van der Waals surface area (Å²) in [6.45, 7) is 0. The van der Waals surface area contributed by atoms with Crippen molar-refractivity contribution in [2.45, 2.75) is 0 Å². The predicted molar refractivity (Wildman–Crippen MR) is 110 cm³/mol. The third-order valence-electron chi connectivity index (χ3n) is 3.90. The van der Waals surface area contributed by atoms with Crippen LogP contribution in [0.5, 0.6) is 28.7 Å². The van der Waals surface area contributed by atoms with Crippen LogP contribution < -0.4 is 4.74 Å². The second kappa shape index (κ2) is 8.67. The maximum atomic E-state index is 12.0. The molecule has 0 saturated carbocycles. The van der Waals surface area contributed by atoms with E-state index in [-0.39, 0.29) is 28.7 Å². The number of carbonyl (C=O) groups excluding carboxylic acids is 1. The van der Waals surface area contributed by atoms with Gasteiger partial charge in [0.05, 0.1) is 0 Å². The Hall–Kier alpha value is -4.19. The number of phenolic OH excluding ortho intramolecular Hbond substituents is 4. The van der Waals surface area contributed by atoms with E-state index in [4.69, 9.17) is 4.74 Å². The first kappa shape index (κ1) is 19.6. The van der Waals surface area contributed by atoms with E-state index < -0.39 is 5.97 Å². The molecule has 0 heterocycles. The van der Waals surface area contributed by atoms with Gasteiger partial charge in [-0.3, -0.25) is 0 Å². The van der Waals surface area contributed by atoms with Crippen LogP contribution in [-0.2, 0) is 4.79 Å². The van der Waals surface area contributed by atoms with Gasteiger partial charge in [-0.1, -0.05) is 30.4 Å². The molecule has 0 bridgehead atoms. The average molecular weight is 390 g/mol. The lowest BCUT2D eigenvalue weighted by molar-refractivity contribution is -0.128. The first-order valence-corrected chi connectivity index (χ1v) is 8.62. The van der Waals surface area contributed by atoms with Gasteiger partial charge in [0, 0.05) is 12.1 Å². The molecule has 0 radical (unpaired) electrons. The minimum absolute atomic E-state index is 0.0620. The number of esters is 1. The summed E-state index contributed by atoms with van der Waals surface area (Å²) in [5.41, 5.74) is 1.98. The van der Waals surface area contributed by atoms with Crippen molar-refractivity contribution in [1.29, 1.82) is 0 Å². The Morgan fingerprint density at radius 3 is 2.07 bits per heavy atom. The van der Waals surface area contributed by atoms with E-state index in [9.17, 15) is 25.2 Å². The highest BCUT2D eigenvalue weighted by atomic mass is 16.5. The van der Waals surface area contributed by atoms with Crippen LogP contribution in [0.2, 0.25) is 0 Å². The molecule has 4 N–H and O–H groups in total. The summed E-state index contributed by atoms with van der Waals surface area (Å²) in [5, 5.41) is 37.9. The van der Waals surface area contributed by atoms with Gasteiger partial charge in [-0.25, -0.2) is 4.79 Å². The summed E-state index contributed by atoms with van der Waals surface area (Å²) in [4.78, 5) is 12.0. The van der Waals surface area contributed by atoms with Crippen molar-refractivity contribution >= 4 is 24.2 Å². The van der Waals surface area contributed by atoms with Crippen molar-refractivity contribution in [3.8, 4) is 28.7 Å². The molecule has 0 aromatic heterocycles. The number of hydrogen-bond acceptors (Lipinski definition) is 6. The normalized spacial score (nSPS) is 11.2. The molecular formula is C23H18O6. The molecule has 0 spiro atoms. The molecule has 29 heavy (non-hydrogen) atoms. The Morgan fingerprint density at radius 2 is 1.34 bits per heavy atom. The van der Waals surface area contributed by atoms with E-state index >= 15 is 0 Å². The maximum absolute atomic E-state index is 12.0. The van der Waals surface area contributed by atoms with Crippen LogP contribution in [0, 0.1) is 0 Å². The number of rotatable bonds is 5. The zero-order valence-electron chi connectivity index (χ0n) is 15.2. The fraction of sp³-hybridized carbons (Fsp3) is 0. The zero-order chi connectivity index (χ0) is 20.8. The van der Waals surface area contributed by atoms with Crippen LogP contribution in [0.3, 0.4) is 0 Å². The van der Waals surface area contributed by atoms with Gasteiger partial charge in [-0.05, 0) is 59.2 Å². The number of ether oxygens (including phenoxy) is 1. The standard InChI is InChI=1S/C23H18O6/c24-18-7-3-15(4-8-18)1-2-17-11-19(25)14-20(12-17)29-23(28)10-6-16-5-9-21(26)22(27)13-16/h1-14,24-27H/b2-1+,10-6+. The summed E-state index contributed by atoms with van der Waals surface area (Å²) >= 11 is 0. The first-order chi connectivity index (χ1) is 13.9. The largest absolute Gasteiger partial charge is 0.508 e. The second-order valence-electron chi connectivity index (χ2n) is 6.19. The highest BCUT2D eigenvalue weighted by molar-refractivity contribution is 5.89. The molecule has 0 aliphatic heterocycles. The molecular weight excluding hydrogens is 372 g/mol. The smallest absolute Gasteiger partial charge is 0.336 e. The Kier molecular flexibility index (Phi) is 5.85. The fourth-order valence-electron chi connectivity index (χ4n) is 2.50. The van der Waals surface area contributed by atoms with Gasteiger partial charge in [0.15, 0.2) is 11.5 Å². The van der Waals surface area contributed by atoms with E-state index in [2.05, 4.69) is 0 Å². The van der Waals surface area contributed by atoms with Crippen LogP contribution in [0.15, 0.2) is 66.7 Å². The number of carbonyl (C=O) groups is 1. The lowest BCUT2D eigenvalue weighted by atomic mass is 10.1. The molecule has 0 aliphatic carbocycles. The summed E-state index contributed by atoms with van der Waals surface area (Å²) < 4.78 is 5.21. The van der Waals surface area contributed by atoms with E-state index in [0.29, 0.717) is 11.1 Å². The van der Waals surface area contributed by atoms with E-state index in [0.717, 1.165) is 5.56 Å². The Bertz CT molecular complexity index is 1080. The van der Waals surface area contributed by atoms with Crippen LogP contribution in [0.4, 0.5) is 0 Å². The first-order valence-electron chi connectivity index (χ1n) is 8.62. The van der Waals surface area contributed by atoms with Crippen molar-refractivity contribution in [1.82, 2.24) is 0 Å². The predicted octanol–water partition coefficient (Wildman–Crippen LogP) is 4.30. The van der Waals surface area contributed by atoms with Gasteiger partial charge in [0.25, 0.3) is 0 Å². The summed E-state index contributed by atoms with van der Waals surface area (Å²) in [6, 6.07) is 15.2. The monoisotopic (exact) mass is 390 g/mol. The zero-order valence-corrected chi connectivity index (χ0v) is 15.2. The minimum atomic E-state index is -0.670. The highest BCUT2D eigenvalue weighted by Crippen LogP contribution is 2.26. The molecule has 6 heteroatoms. The fourth-order valence-corrected chi connectivity index (χ4v) is 2.50. The van der Waals surface area contributed by atoms with E-state index in [1.807, 2.05) is 0 Å². The molecule has 146 valence electrons. The van der Waals surface area contributed by atoms with E-state index in [1.54, 1.807) is 42.5 Å². The van der Waals surface area contributed by atoms with Crippen LogP contribution in [-0.4, -0.2) is 26.4 Å². The van der Waals surface area contributed by atoms with Crippen LogP contribution >= 0.6 is 0 Å². The second-order valence-corrected chi connectivity index (χ2v) is 6.19. The van der Waals surface area contributed by atoms with Gasteiger partial charge in [-0.15, -0.1) is 0 Å². The molecule has 0 atom stereocenters.